The molecule has 0 aromatic carbocycles. The summed E-state index contributed by atoms with van der Waals surface area (Å²) in [6, 6.07) is 0.992. The molecule has 0 aromatic heterocycles. The Labute approximate surface area is 89.8 Å². The van der Waals surface area contributed by atoms with Crippen molar-refractivity contribution in [2.45, 2.75) is 56.7 Å². The number of piperidine rings is 1. The van der Waals surface area contributed by atoms with E-state index in [-0.39, 0.29) is 11.9 Å². The van der Waals surface area contributed by atoms with Crippen molar-refractivity contribution >= 4 is 5.78 Å². The summed E-state index contributed by atoms with van der Waals surface area (Å²) in [6.07, 6.45) is 7.47. The summed E-state index contributed by atoms with van der Waals surface area (Å²) in [7, 11) is 0. The topological polar surface area (TPSA) is 40.5 Å². The van der Waals surface area contributed by atoms with Crippen molar-refractivity contribution in [2.24, 2.45) is 0 Å². The largest absolute Gasteiger partial charge is 0.393 e. The molecule has 3 aliphatic rings. The summed E-state index contributed by atoms with van der Waals surface area (Å²) in [5.74, 6) is 0.274. The first-order chi connectivity index (χ1) is 7.24. The lowest BCUT2D eigenvalue weighted by Crippen LogP contribution is -2.43. The van der Waals surface area contributed by atoms with Gasteiger partial charge in [-0.1, -0.05) is 0 Å². The number of nitrogens with zero attached hydrogens (tertiary/aromatic N) is 1. The summed E-state index contributed by atoms with van der Waals surface area (Å²) < 4.78 is 0. The maximum atomic E-state index is 11.2. The molecule has 82 valence electrons. The van der Waals surface area contributed by atoms with Crippen LogP contribution >= 0.6 is 0 Å². The molecule has 2 unspecified atom stereocenters. The highest BCUT2D eigenvalue weighted by molar-refractivity contribution is 5.92. The maximum absolute atomic E-state index is 11.2. The zero-order valence-electron chi connectivity index (χ0n) is 8.85. The van der Waals surface area contributed by atoms with Crippen molar-refractivity contribution in [3.8, 4) is 0 Å². The van der Waals surface area contributed by atoms with Gasteiger partial charge in [-0.25, -0.2) is 0 Å². The fourth-order valence-electron chi connectivity index (χ4n) is 3.40. The molecule has 3 nitrogen and oxygen atoms in total. The number of rotatable bonds is 1. The Kier molecular flexibility index (Phi) is 2.09. The van der Waals surface area contributed by atoms with Gasteiger partial charge in [0.2, 0.25) is 0 Å². The van der Waals surface area contributed by atoms with Crippen LogP contribution in [0.15, 0.2) is 11.8 Å². The Bertz CT molecular complexity index is 310. The van der Waals surface area contributed by atoms with Crippen molar-refractivity contribution in [3.05, 3.63) is 11.8 Å². The zero-order valence-corrected chi connectivity index (χ0v) is 8.85. The van der Waals surface area contributed by atoms with Gasteiger partial charge < -0.3 is 10.0 Å². The number of hydrogen-bond donors (Lipinski definition) is 1. The van der Waals surface area contributed by atoms with Crippen LogP contribution in [0.5, 0.6) is 0 Å². The van der Waals surface area contributed by atoms with Gasteiger partial charge in [0.05, 0.1) is 6.10 Å². The Balaban J connectivity index is 1.83. The van der Waals surface area contributed by atoms with Crippen LogP contribution in [0.4, 0.5) is 0 Å². The van der Waals surface area contributed by atoms with Crippen LogP contribution in [-0.4, -0.2) is 34.0 Å². The number of carbonyl (C=O) groups is 1. The lowest BCUT2D eigenvalue weighted by molar-refractivity contribution is -0.114. The summed E-state index contributed by atoms with van der Waals surface area (Å²) in [4.78, 5) is 13.7. The predicted octanol–water partition coefficient (Wildman–Crippen LogP) is 1.22. The minimum atomic E-state index is -0.114. The van der Waals surface area contributed by atoms with Gasteiger partial charge in [-0.15, -0.1) is 0 Å². The molecule has 2 aliphatic heterocycles. The SMILES string of the molecule is O=C1C=C(N2C3CCC2CC(O)C3)CC1. The van der Waals surface area contributed by atoms with Crippen LogP contribution in [0, 0.1) is 0 Å². The first kappa shape index (κ1) is 9.40. The molecule has 2 heterocycles. The van der Waals surface area contributed by atoms with Gasteiger partial charge in [0, 0.05) is 30.3 Å². The fraction of sp³-hybridized carbons (Fsp3) is 0.750. The zero-order chi connectivity index (χ0) is 10.4. The Morgan fingerprint density at radius 2 is 1.87 bits per heavy atom. The molecule has 3 rings (SSSR count). The summed E-state index contributed by atoms with van der Waals surface area (Å²) in [6.45, 7) is 0. The van der Waals surface area contributed by atoms with Crippen LogP contribution in [0.25, 0.3) is 0 Å². The molecule has 0 amide bonds. The maximum Gasteiger partial charge on any atom is 0.157 e. The molecule has 15 heavy (non-hydrogen) atoms. The minimum Gasteiger partial charge on any atom is -0.393 e. The minimum absolute atomic E-state index is 0.114. The average molecular weight is 207 g/mol. The number of hydrogen-bond acceptors (Lipinski definition) is 3. The van der Waals surface area contributed by atoms with Crippen LogP contribution in [-0.2, 0) is 4.79 Å². The highest BCUT2D eigenvalue weighted by Gasteiger charge is 2.41. The van der Waals surface area contributed by atoms with E-state index in [0.717, 1.165) is 19.3 Å². The number of allylic oxidation sites excluding steroid dienone is 2. The van der Waals surface area contributed by atoms with Gasteiger partial charge in [0.15, 0.2) is 5.78 Å². The van der Waals surface area contributed by atoms with Gasteiger partial charge in [-0.3, -0.25) is 4.79 Å². The molecule has 1 N–H and O–H groups in total. The van der Waals surface area contributed by atoms with Crippen molar-refractivity contribution in [2.75, 3.05) is 0 Å². The molecule has 1 aliphatic carbocycles. The van der Waals surface area contributed by atoms with Gasteiger partial charge in [0.1, 0.15) is 0 Å². The van der Waals surface area contributed by atoms with Gasteiger partial charge in [-0.05, 0) is 32.1 Å². The van der Waals surface area contributed by atoms with E-state index in [1.807, 2.05) is 6.08 Å². The van der Waals surface area contributed by atoms with Gasteiger partial charge >= 0.3 is 0 Å². The first-order valence-corrected chi connectivity index (χ1v) is 5.94. The summed E-state index contributed by atoms with van der Waals surface area (Å²) in [5, 5.41) is 9.69. The average Bonchev–Trinajstić information content (AvgIpc) is 2.69. The number of aliphatic hydroxyl groups is 1. The Morgan fingerprint density at radius 1 is 1.20 bits per heavy atom. The molecule has 3 heteroatoms. The Morgan fingerprint density at radius 3 is 2.40 bits per heavy atom. The number of ketones is 1. The molecule has 2 fully saturated rings. The summed E-state index contributed by atoms with van der Waals surface area (Å²) >= 11 is 0. The fourth-order valence-corrected chi connectivity index (χ4v) is 3.40. The van der Waals surface area contributed by atoms with Crippen LogP contribution in [0.2, 0.25) is 0 Å². The molecule has 0 aromatic rings. The van der Waals surface area contributed by atoms with Crippen LogP contribution in [0.3, 0.4) is 0 Å². The molecule has 2 atom stereocenters. The second-order valence-corrected chi connectivity index (χ2v) is 5.02. The third kappa shape index (κ3) is 1.49. The van der Waals surface area contributed by atoms with E-state index >= 15 is 0 Å². The van der Waals surface area contributed by atoms with Crippen molar-refractivity contribution < 1.29 is 9.90 Å². The van der Waals surface area contributed by atoms with Crippen molar-refractivity contribution in [1.82, 2.24) is 4.90 Å². The smallest absolute Gasteiger partial charge is 0.157 e. The molecule has 2 saturated heterocycles. The van der Waals surface area contributed by atoms with Crippen LogP contribution in [0.1, 0.15) is 38.5 Å². The normalized spacial score (nSPS) is 39.8. The second-order valence-electron chi connectivity index (χ2n) is 5.02. The standard InChI is InChI=1S/C12H17NO2/c14-11-4-3-10(5-11)13-8-1-2-9(13)7-12(15)6-8/h5,8-9,12,15H,1-4,6-7H2. The molecule has 0 spiro atoms. The van der Waals surface area contributed by atoms with E-state index in [0.29, 0.717) is 18.5 Å². The van der Waals surface area contributed by atoms with E-state index < -0.39 is 0 Å². The highest BCUT2D eigenvalue weighted by Crippen LogP contribution is 2.40. The molecular weight excluding hydrogens is 190 g/mol. The lowest BCUT2D eigenvalue weighted by Gasteiger charge is -2.39. The van der Waals surface area contributed by atoms with E-state index in [1.165, 1.54) is 18.5 Å². The lowest BCUT2D eigenvalue weighted by atomic mass is 9.99. The van der Waals surface area contributed by atoms with E-state index in [9.17, 15) is 9.90 Å². The predicted molar refractivity (Wildman–Crippen MR) is 56.2 cm³/mol. The third-order valence-corrected chi connectivity index (χ3v) is 3.99. The monoisotopic (exact) mass is 207 g/mol. The molecular formula is C12H17NO2. The number of aliphatic hydroxyl groups excluding tert-OH is 1. The van der Waals surface area contributed by atoms with E-state index in [2.05, 4.69) is 4.90 Å². The van der Waals surface area contributed by atoms with E-state index in [4.69, 9.17) is 0 Å². The van der Waals surface area contributed by atoms with Crippen molar-refractivity contribution in [3.63, 3.8) is 0 Å². The molecule has 2 bridgehead atoms. The van der Waals surface area contributed by atoms with Crippen LogP contribution < -0.4 is 0 Å². The van der Waals surface area contributed by atoms with Crippen molar-refractivity contribution in [1.29, 1.82) is 0 Å². The number of carbonyl (C=O) groups excluding carboxylic acids is 1. The summed E-state index contributed by atoms with van der Waals surface area (Å²) in [5.41, 5.74) is 1.24. The van der Waals surface area contributed by atoms with Gasteiger partial charge in [-0.2, -0.15) is 0 Å². The number of fused-ring (bicyclic) bond motifs is 2. The van der Waals surface area contributed by atoms with Gasteiger partial charge in [0.25, 0.3) is 0 Å². The van der Waals surface area contributed by atoms with E-state index in [1.54, 1.807) is 0 Å². The molecule has 0 saturated carbocycles. The molecule has 0 radical (unpaired) electrons. The highest BCUT2D eigenvalue weighted by atomic mass is 16.3. The third-order valence-electron chi connectivity index (χ3n) is 3.99. The second kappa shape index (κ2) is 3.34. The Hall–Kier alpha value is -0.830. The quantitative estimate of drug-likeness (QED) is 0.703. The first-order valence-electron chi connectivity index (χ1n) is 5.94.